The number of aliphatic hydroxyl groups excluding tert-OH is 2. The molecule has 2 N–H and O–H groups in total. The van der Waals surface area contributed by atoms with Crippen LogP contribution in [0, 0.1) is 0 Å². The zero-order chi connectivity index (χ0) is 7.56. The number of carbonyl (C=O) groups is 1. The first-order valence-electron chi connectivity index (χ1n) is 2.90. The molecule has 1 rings (SSSR count). The van der Waals surface area contributed by atoms with Crippen LogP contribution in [0.25, 0.3) is 0 Å². The Bertz CT molecular complexity index is 163. The average Bonchev–Trinajstić information content (AvgIpc) is 2.30. The largest absolute Gasteiger partial charge is 0.482 e. The van der Waals surface area contributed by atoms with Crippen molar-refractivity contribution in [2.24, 2.45) is 0 Å². The van der Waals surface area contributed by atoms with E-state index in [2.05, 4.69) is 0 Å². The minimum Gasteiger partial charge on any atom is -0.482 e. The Labute approximate surface area is 57.7 Å². The fraction of sp³-hybridized carbons (Fsp3) is 0.500. The zero-order valence-corrected chi connectivity index (χ0v) is 5.23. The highest BCUT2D eigenvalue weighted by atomic mass is 16.5. The number of hydrogen-bond acceptors (Lipinski definition) is 4. The van der Waals surface area contributed by atoms with Gasteiger partial charge in [0.2, 0.25) is 0 Å². The predicted octanol–water partition coefficient (Wildman–Crippen LogP) is -1.18. The molecule has 2 atom stereocenters. The number of ether oxygens (including phenoxy) is 1. The summed E-state index contributed by atoms with van der Waals surface area (Å²) < 4.78 is 4.77. The summed E-state index contributed by atoms with van der Waals surface area (Å²) in [5.41, 5.74) is 0. The van der Waals surface area contributed by atoms with Gasteiger partial charge in [0, 0.05) is 0 Å². The molecule has 4 heteroatoms. The van der Waals surface area contributed by atoms with Crippen LogP contribution in [0.15, 0.2) is 11.8 Å². The fourth-order valence-electron chi connectivity index (χ4n) is 0.772. The van der Waals surface area contributed by atoms with Crippen molar-refractivity contribution in [2.45, 2.75) is 12.2 Å². The van der Waals surface area contributed by atoms with Gasteiger partial charge in [0.05, 0.1) is 6.61 Å². The van der Waals surface area contributed by atoms with Gasteiger partial charge in [-0.15, -0.1) is 0 Å². The highest BCUT2D eigenvalue weighted by molar-refractivity contribution is 5.71. The summed E-state index contributed by atoms with van der Waals surface area (Å²) >= 11 is 0. The van der Waals surface area contributed by atoms with Crippen LogP contribution >= 0.6 is 0 Å². The Morgan fingerprint density at radius 1 is 1.80 bits per heavy atom. The first-order valence-corrected chi connectivity index (χ1v) is 2.90. The molecular formula is C6H8O4. The molecule has 1 heterocycles. The van der Waals surface area contributed by atoms with Gasteiger partial charge in [0.1, 0.15) is 6.10 Å². The molecule has 0 spiro atoms. The molecular weight excluding hydrogens is 136 g/mol. The lowest BCUT2D eigenvalue weighted by atomic mass is 10.2. The first kappa shape index (κ1) is 7.24. The van der Waals surface area contributed by atoms with Gasteiger partial charge < -0.3 is 14.9 Å². The second kappa shape index (κ2) is 2.81. The molecule has 1 aliphatic rings. The van der Waals surface area contributed by atoms with E-state index in [1.54, 1.807) is 0 Å². The molecule has 4 nitrogen and oxygen atoms in total. The molecule has 0 bridgehead atoms. The topological polar surface area (TPSA) is 66.8 Å². The minimum atomic E-state index is -0.856. The number of carbonyl (C=O) groups excluding carboxylic acids is 1. The molecule has 56 valence electrons. The van der Waals surface area contributed by atoms with Crippen LogP contribution in [0.5, 0.6) is 0 Å². The van der Waals surface area contributed by atoms with Crippen LogP contribution in [-0.2, 0) is 9.53 Å². The third-order valence-electron chi connectivity index (χ3n) is 1.30. The number of hydrogen-bond donors (Lipinski definition) is 2. The molecule has 0 saturated carbocycles. The van der Waals surface area contributed by atoms with Crippen molar-refractivity contribution < 1.29 is 19.7 Å². The van der Waals surface area contributed by atoms with Crippen molar-refractivity contribution in [3.05, 3.63) is 11.8 Å². The maximum Gasteiger partial charge on any atom is 0.184 e. The van der Waals surface area contributed by atoms with E-state index in [1.807, 2.05) is 0 Å². The van der Waals surface area contributed by atoms with Gasteiger partial charge in [0.15, 0.2) is 18.1 Å². The standard InChI is InChI=1S/C6H8O4/c7-2-4-1-5(9)6(3-8)10-4/h1-2,5-6,8-9H,3H2/t5-,6+/m0/s1. The lowest BCUT2D eigenvalue weighted by Crippen LogP contribution is -2.25. The first-order chi connectivity index (χ1) is 4.77. The molecule has 0 aromatic rings. The summed E-state index contributed by atoms with van der Waals surface area (Å²) in [4.78, 5) is 10.0. The second-order valence-electron chi connectivity index (χ2n) is 2.02. The third kappa shape index (κ3) is 1.17. The molecule has 0 unspecified atom stereocenters. The summed E-state index contributed by atoms with van der Waals surface area (Å²) in [6.07, 6.45) is 0.248. The van der Waals surface area contributed by atoms with Crippen LogP contribution in [0.2, 0.25) is 0 Å². The average molecular weight is 144 g/mol. The number of aliphatic hydroxyl groups is 2. The van der Waals surface area contributed by atoms with Crippen molar-refractivity contribution in [2.75, 3.05) is 6.61 Å². The van der Waals surface area contributed by atoms with E-state index >= 15 is 0 Å². The maximum absolute atomic E-state index is 10.0. The van der Waals surface area contributed by atoms with Gasteiger partial charge in [-0.05, 0) is 6.08 Å². The minimum absolute atomic E-state index is 0.0894. The number of aldehydes is 1. The van der Waals surface area contributed by atoms with E-state index in [0.717, 1.165) is 0 Å². The van der Waals surface area contributed by atoms with Gasteiger partial charge in [0.25, 0.3) is 0 Å². The van der Waals surface area contributed by atoms with E-state index in [4.69, 9.17) is 14.9 Å². The number of allylic oxidation sites excluding steroid dienone is 1. The SMILES string of the molecule is O=CC1=C[C@H](O)[C@@H](CO)O1. The van der Waals surface area contributed by atoms with Crippen molar-refractivity contribution in [1.29, 1.82) is 0 Å². The third-order valence-corrected chi connectivity index (χ3v) is 1.30. The van der Waals surface area contributed by atoms with Crippen molar-refractivity contribution >= 4 is 6.29 Å². The van der Waals surface area contributed by atoms with E-state index in [0.29, 0.717) is 6.29 Å². The van der Waals surface area contributed by atoms with Crippen molar-refractivity contribution in [1.82, 2.24) is 0 Å². The molecule has 0 saturated heterocycles. The molecule has 0 radical (unpaired) electrons. The van der Waals surface area contributed by atoms with E-state index in [9.17, 15) is 4.79 Å². The Morgan fingerprint density at radius 2 is 2.50 bits per heavy atom. The lowest BCUT2D eigenvalue weighted by molar-refractivity contribution is -0.108. The monoisotopic (exact) mass is 144 g/mol. The van der Waals surface area contributed by atoms with Crippen molar-refractivity contribution in [3.8, 4) is 0 Å². The Morgan fingerprint density at radius 3 is 2.80 bits per heavy atom. The predicted molar refractivity (Wildman–Crippen MR) is 32.1 cm³/mol. The number of rotatable bonds is 2. The summed E-state index contributed by atoms with van der Waals surface area (Å²) in [6.45, 7) is -0.283. The highest BCUT2D eigenvalue weighted by Crippen LogP contribution is 2.14. The van der Waals surface area contributed by atoms with Crippen LogP contribution in [0.3, 0.4) is 0 Å². The van der Waals surface area contributed by atoms with E-state index < -0.39 is 12.2 Å². The summed E-state index contributed by atoms with van der Waals surface area (Å²) in [6, 6.07) is 0. The Hall–Kier alpha value is -0.870. The van der Waals surface area contributed by atoms with Crippen LogP contribution in [0.1, 0.15) is 0 Å². The fourth-order valence-corrected chi connectivity index (χ4v) is 0.772. The van der Waals surface area contributed by atoms with Crippen molar-refractivity contribution in [3.63, 3.8) is 0 Å². The van der Waals surface area contributed by atoms with Gasteiger partial charge in [-0.25, -0.2) is 0 Å². The van der Waals surface area contributed by atoms with Gasteiger partial charge in [-0.1, -0.05) is 0 Å². The van der Waals surface area contributed by atoms with Gasteiger partial charge >= 0.3 is 0 Å². The van der Waals surface area contributed by atoms with Crippen LogP contribution in [0.4, 0.5) is 0 Å². The smallest absolute Gasteiger partial charge is 0.184 e. The maximum atomic E-state index is 10.0. The second-order valence-corrected chi connectivity index (χ2v) is 2.02. The summed E-state index contributed by atoms with van der Waals surface area (Å²) in [5.74, 6) is 0.0894. The van der Waals surface area contributed by atoms with E-state index in [1.165, 1.54) is 6.08 Å². The molecule has 0 aromatic heterocycles. The molecule has 10 heavy (non-hydrogen) atoms. The molecule has 1 aliphatic heterocycles. The molecule has 0 fully saturated rings. The lowest BCUT2D eigenvalue weighted by Gasteiger charge is -2.10. The van der Waals surface area contributed by atoms with Crippen LogP contribution < -0.4 is 0 Å². The van der Waals surface area contributed by atoms with Gasteiger partial charge in [-0.3, -0.25) is 4.79 Å². The molecule has 0 amide bonds. The highest BCUT2D eigenvalue weighted by Gasteiger charge is 2.25. The molecule has 0 aliphatic carbocycles. The Balaban J connectivity index is 2.56. The Kier molecular flexibility index (Phi) is 2.03. The quantitative estimate of drug-likeness (QED) is 0.479. The molecule has 0 aromatic carbocycles. The van der Waals surface area contributed by atoms with E-state index in [-0.39, 0.29) is 12.4 Å². The summed E-state index contributed by atoms with van der Waals surface area (Å²) in [7, 11) is 0. The normalized spacial score (nSPS) is 31.2. The summed E-state index contributed by atoms with van der Waals surface area (Å²) in [5, 5.41) is 17.5. The zero-order valence-electron chi connectivity index (χ0n) is 5.23. The van der Waals surface area contributed by atoms with Crippen LogP contribution in [-0.4, -0.2) is 35.3 Å². The van der Waals surface area contributed by atoms with Gasteiger partial charge in [-0.2, -0.15) is 0 Å².